The summed E-state index contributed by atoms with van der Waals surface area (Å²) in [7, 11) is 1.90. The van der Waals surface area contributed by atoms with Gasteiger partial charge in [-0.05, 0) is 25.1 Å². The van der Waals surface area contributed by atoms with Crippen molar-refractivity contribution in [1.29, 1.82) is 0 Å². The first-order chi connectivity index (χ1) is 9.63. The molecule has 0 radical (unpaired) electrons. The van der Waals surface area contributed by atoms with E-state index < -0.39 is 0 Å². The van der Waals surface area contributed by atoms with Gasteiger partial charge in [0.25, 0.3) is 0 Å². The van der Waals surface area contributed by atoms with Crippen LogP contribution in [0.25, 0.3) is 10.9 Å². The van der Waals surface area contributed by atoms with Crippen molar-refractivity contribution in [1.82, 2.24) is 14.8 Å². The van der Waals surface area contributed by atoms with Crippen molar-refractivity contribution in [2.75, 3.05) is 10.6 Å². The molecule has 3 rings (SSSR count). The fraction of sp³-hybridized carbons (Fsp3) is 0.154. The van der Waals surface area contributed by atoms with Gasteiger partial charge < -0.3 is 5.32 Å². The molecule has 1 aromatic carbocycles. The molecule has 7 heteroatoms. The minimum Gasteiger partial charge on any atom is -0.308 e. The highest BCUT2D eigenvalue weighted by atomic mass is 32.1. The zero-order valence-corrected chi connectivity index (χ0v) is 11.9. The first-order valence-corrected chi connectivity index (χ1v) is 6.97. The normalized spacial score (nSPS) is 10.7. The van der Waals surface area contributed by atoms with E-state index in [2.05, 4.69) is 20.7 Å². The van der Waals surface area contributed by atoms with E-state index in [1.165, 1.54) is 11.3 Å². The van der Waals surface area contributed by atoms with Gasteiger partial charge in [0.05, 0.1) is 11.0 Å². The molecule has 0 unspecified atom stereocenters. The summed E-state index contributed by atoms with van der Waals surface area (Å²) in [5.41, 5.74) is 4.32. The third-order valence-corrected chi connectivity index (χ3v) is 3.65. The van der Waals surface area contributed by atoms with Gasteiger partial charge in [0.15, 0.2) is 0 Å². The Morgan fingerprint density at radius 1 is 1.35 bits per heavy atom. The number of carbonyl (C=O) groups is 1. The van der Waals surface area contributed by atoms with E-state index in [0.29, 0.717) is 11.5 Å². The number of hydrogen-bond donors (Lipinski definition) is 2. The monoisotopic (exact) mass is 287 g/mol. The lowest BCUT2D eigenvalue weighted by atomic mass is 10.2. The van der Waals surface area contributed by atoms with Crippen LogP contribution in [0, 0.1) is 6.92 Å². The van der Waals surface area contributed by atoms with Gasteiger partial charge in [-0.15, -0.1) is 11.3 Å². The maximum atomic E-state index is 11.8. The highest BCUT2D eigenvalue weighted by molar-refractivity contribution is 7.07. The zero-order valence-electron chi connectivity index (χ0n) is 11.0. The summed E-state index contributed by atoms with van der Waals surface area (Å²) in [6, 6.07) is 5.35. The van der Waals surface area contributed by atoms with Gasteiger partial charge in [0.2, 0.25) is 0 Å². The molecule has 0 fully saturated rings. The number of anilines is 2. The number of thiazole rings is 1. The van der Waals surface area contributed by atoms with Gasteiger partial charge in [0, 0.05) is 29.2 Å². The molecular formula is C13H13N5OS. The smallest absolute Gasteiger partial charge is 0.308 e. The molecule has 0 saturated carbocycles. The molecule has 0 bridgehead atoms. The molecule has 2 aromatic heterocycles. The molecule has 0 aliphatic rings. The van der Waals surface area contributed by atoms with Gasteiger partial charge in [-0.3, -0.25) is 10.00 Å². The third-order valence-electron chi connectivity index (χ3n) is 3.06. The lowest BCUT2D eigenvalue weighted by Crippen LogP contribution is -2.19. The van der Waals surface area contributed by atoms with Crippen LogP contribution in [0.3, 0.4) is 0 Å². The summed E-state index contributed by atoms with van der Waals surface area (Å²) in [5, 5.41) is 12.7. The van der Waals surface area contributed by atoms with Gasteiger partial charge >= 0.3 is 6.03 Å². The topological polar surface area (TPSA) is 71.8 Å². The minimum absolute atomic E-state index is 0.317. The van der Waals surface area contributed by atoms with E-state index in [0.717, 1.165) is 16.6 Å². The number of amides is 2. The minimum atomic E-state index is -0.317. The first kappa shape index (κ1) is 12.6. The molecule has 0 aliphatic carbocycles. The molecule has 0 spiro atoms. The highest BCUT2D eigenvalue weighted by Crippen LogP contribution is 2.21. The number of benzene rings is 1. The van der Waals surface area contributed by atoms with E-state index in [1.807, 2.05) is 36.9 Å². The predicted molar refractivity (Wildman–Crippen MR) is 80.2 cm³/mol. The van der Waals surface area contributed by atoms with Crippen molar-refractivity contribution in [2.24, 2.45) is 7.05 Å². The van der Waals surface area contributed by atoms with Crippen molar-refractivity contribution in [3.63, 3.8) is 0 Å². The van der Waals surface area contributed by atoms with Gasteiger partial charge in [0.1, 0.15) is 5.82 Å². The van der Waals surface area contributed by atoms with Crippen molar-refractivity contribution < 1.29 is 4.79 Å². The summed E-state index contributed by atoms with van der Waals surface area (Å²) < 4.78 is 1.82. The zero-order chi connectivity index (χ0) is 14.1. The Bertz CT molecular complexity index is 763. The number of nitrogens with zero attached hydrogens (tertiary/aromatic N) is 3. The van der Waals surface area contributed by atoms with E-state index in [1.54, 1.807) is 10.9 Å². The van der Waals surface area contributed by atoms with Crippen LogP contribution in [-0.2, 0) is 7.05 Å². The van der Waals surface area contributed by atoms with Crippen LogP contribution < -0.4 is 10.6 Å². The third kappa shape index (κ3) is 2.35. The Kier molecular flexibility index (Phi) is 3.11. The van der Waals surface area contributed by atoms with Crippen LogP contribution in [0.1, 0.15) is 5.69 Å². The standard InChI is InChI=1S/C13H13N5OS/c1-8-10-4-3-9(5-11(10)17-18(8)2)15-13(19)16-12-6-20-7-14-12/h3-7H,1-2H3,(H2,15,16,19). The second kappa shape index (κ2) is 4.93. The lowest BCUT2D eigenvalue weighted by molar-refractivity contribution is 0.262. The average Bonchev–Trinajstić information content (AvgIpc) is 2.99. The first-order valence-electron chi connectivity index (χ1n) is 6.03. The maximum absolute atomic E-state index is 11.8. The molecule has 102 valence electrons. The van der Waals surface area contributed by atoms with Crippen molar-refractivity contribution in [3.8, 4) is 0 Å². The van der Waals surface area contributed by atoms with Crippen LogP contribution in [0.2, 0.25) is 0 Å². The van der Waals surface area contributed by atoms with E-state index in [4.69, 9.17) is 0 Å². The largest absolute Gasteiger partial charge is 0.324 e. The number of fused-ring (bicyclic) bond motifs is 1. The lowest BCUT2D eigenvalue weighted by Gasteiger charge is -2.05. The van der Waals surface area contributed by atoms with Crippen LogP contribution >= 0.6 is 11.3 Å². The molecule has 0 saturated heterocycles. The summed E-state index contributed by atoms with van der Waals surface area (Å²) in [5.74, 6) is 0.544. The second-order valence-electron chi connectivity index (χ2n) is 4.39. The number of carbonyl (C=O) groups excluding carboxylic acids is 1. The molecule has 2 N–H and O–H groups in total. The second-order valence-corrected chi connectivity index (χ2v) is 5.11. The fourth-order valence-corrected chi connectivity index (χ4v) is 2.45. The van der Waals surface area contributed by atoms with Crippen LogP contribution in [-0.4, -0.2) is 20.8 Å². The summed E-state index contributed by atoms with van der Waals surface area (Å²) in [4.78, 5) is 15.8. The number of aromatic nitrogens is 3. The van der Waals surface area contributed by atoms with Crippen LogP contribution in [0.15, 0.2) is 29.1 Å². The number of rotatable bonds is 2. The Balaban J connectivity index is 1.79. The molecule has 2 heterocycles. The van der Waals surface area contributed by atoms with Crippen LogP contribution in [0.5, 0.6) is 0 Å². The van der Waals surface area contributed by atoms with E-state index in [9.17, 15) is 4.79 Å². The van der Waals surface area contributed by atoms with Crippen molar-refractivity contribution in [3.05, 3.63) is 34.8 Å². The number of aryl methyl sites for hydroxylation is 2. The molecule has 3 aromatic rings. The van der Waals surface area contributed by atoms with E-state index >= 15 is 0 Å². The van der Waals surface area contributed by atoms with Crippen molar-refractivity contribution >= 4 is 39.8 Å². The Labute approximate surface area is 119 Å². The molecule has 0 atom stereocenters. The number of urea groups is 1. The van der Waals surface area contributed by atoms with Gasteiger partial charge in [-0.2, -0.15) is 5.10 Å². The van der Waals surface area contributed by atoms with E-state index in [-0.39, 0.29) is 6.03 Å². The molecule has 2 amide bonds. The summed E-state index contributed by atoms with van der Waals surface area (Å²) in [6.45, 7) is 2.01. The summed E-state index contributed by atoms with van der Waals surface area (Å²) in [6.07, 6.45) is 0. The Morgan fingerprint density at radius 2 is 2.20 bits per heavy atom. The fourth-order valence-electron chi connectivity index (χ4n) is 1.96. The van der Waals surface area contributed by atoms with Crippen LogP contribution in [0.4, 0.5) is 16.3 Å². The molecule has 6 nitrogen and oxygen atoms in total. The predicted octanol–water partition coefficient (Wildman–Crippen LogP) is 2.98. The van der Waals surface area contributed by atoms with Gasteiger partial charge in [-0.1, -0.05) is 0 Å². The summed E-state index contributed by atoms with van der Waals surface area (Å²) >= 11 is 1.43. The van der Waals surface area contributed by atoms with Crippen molar-refractivity contribution in [2.45, 2.75) is 6.92 Å². The number of hydrogen-bond acceptors (Lipinski definition) is 4. The quantitative estimate of drug-likeness (QED) is 0.761. The average molecular weight is 287 g/mol. The highest BCUT2D eigenvalue weighted by Gasteiger charge is 2.08. The molecular weight excluding hydrogens is 274 g/mol. The van der Waals surface area contributed by atoms with Gasteiger partial charge in [-0.25, -0.2) is 9.78 Å². The number of nitrogens with one attached hydrogen (secondary N) is 2. The SMILES string of the molecule is Cc1c2ccc(NC(=O)Nc3cscn3)cc2nn1C. The molecule has 0 aliphatic heterocycles. The Hall–Kier alpha value is -2.41. The Morgan fingerprint density at radius 3 is 2.95 bits per heavy atom. The molecule has 20 heavy (non-hydrogen) atoms. The maximum Gasteiger partial charge on any atom is 0.324 e.